The van der Waals surface area contributed by atoms with E-state index < -0.39 is 25.1 Å². The SMILES string of the molecule is COc1ccc(S(=O)(=O)NCC(c2cccnc2)S(=O)(=O)c2ccc(C(C)C)cc2)cc1. The molecule has 9 heteroatoms. The summed E-state index contributed by atoms with van der Waals surface area (Å²) in [5, 5.41) is -1.14. The van der Waals surface area contributed by atoms with Gasteiger partial charge in [0.2, 0.25) is 10.0 Å². The number of sulfonamides is 1. The van der Waals surface area contributed by atoms with Crippen molar-refractivity contribution in [3.8, 4) is 5.75 Å². The van der Waals surface area contributed by atoms with Gasteiger partial charge in [0.25, 0.3) is 0 Å². The molecule has 0 fully saturated rings. The van der Waals surface area contributed by atoms with E-state index in [0.717, 1.165) is 5.56 Å². The van der Waals surface area contributed by atoms with Gasteiger partial charge < -0.3 is 4.74 Å². The van der Waals surface area contributed by atoms with Gasteiger partial charge in [-0.15, -0.1) is 0 Å². The van der Waals surface area contributed by atoms with Crippen LogP contribution in [0.25, 0.3) is 0 Å². The number of nitrogens with one attached hydrogen (secondary N) is 1. The van der Waals surface area contributed by atoms with Gasteiger partial charge in [-0.25, -0.2) is 21.6 Å². The molecule has 1 N–H and O–H groups in total. The third-order valence-corrected chi connectivity index (χ3v) is 8.69. The van der Waals surface area contributed by atoms with E-state index in [9.17, 15) is 16.8 Å². The first-order valence-electron chi connectivity index (χ1n) is 10.0. The summed E-state index contributed by atoms with van der Waals surface area (Å²) in [5.41, 5.74) is 1.42. The molecule has 1 atom stereocenters. The van der Waals surface area contributed by atoms with Crippen molar-refractivity contribution < 1.29 is 21.6 Å². The molecule has 170 valence electrons. The molecule has 1 unspecified atom stereocenters. The summed E-state index contributed by atoms with van der Waals surface area (Å²) in [5.74, 6) is 0.779. The molecule has 7 nitrogen and oxygen atoms in total. The normalized spacial score (nSPS) is 13.1. The predicted molar refractivity (Wildman–Crippen MR) is 123 cm³/mol. The first-order valence-corrected chi connectivity index (χ1v) is 13.1. The monoisotopic (exact) mass is 474 g/mol. The van der Waals surface area contributed by atoms with Gasteiger partial charge in [0.15, 0.2) is 9.84 Å². The molecule has 2 aromatic carbocycles. The lowest BCUT2D eigenvalue weighted by atomic mass is 10.0. The van der Waals surface area contributed by atoms with E-state index in [1.54, 1.807) is 36.4 Å². The van der Waals surface area contributed by atoms with E-state index in [2.05, 4.69) is 9.71 Å². The van der Waals surface area contributed by atoms with Crippen LogP contribution >= 0.6 is 0 Å². The number of nitrogens with zero attached hydrogens (tertiary/aromatic N) is 1. The third kappa shape index (κ3) is 5.35. The van der Waals surface area contributed by atoms with Gasteiger partial charge in [-0.1, -0.05) is 32.0 Å². The predicted octanol–water partition coefficient (Wildman–Crippen LogP) is 3.71. The third-order valence-electron chi connectivity index (χ3n) is 5.13. The van der Waals surface area contributed by atoms with Crippen LogP contribution in [0.15, 0.2) is 82.8 Å². The van der Waals surface area contributed by atoms with Gasteiger partial charge in [-0.3, -0.25) is 4.98 Å². The van der Waals surface area contributed by atoms with Crippen molar-refractivity contribution in [1.82, 2.24) is 9.71 Å². The van der Waals surface area contributed by atoms with Crippen molar-refractivity contribution in [2.75, 3.05) is 13.7 Å². The fourth-order valence-corrected chi connectivity index (χ4v) is 6.00. The molecule has 3 aromatic rings. The molecule has 0 bridgehead atoms. The van der Waals surface area contributed by atoms with Crippen LogP contribution in [0, 0.1) is 0 Å². The lowest BCUT2D eigenvalue weighted by Crippen LogP contribution is -2.32. The van der Waals surface area contributed by atoms with Gasteiger partial charge in [0.1, 0.15) is 11.0 Å². The Morgan fingerprint density at radius 3 is 2.03 bits per heavy atom. The maximum absolute atomic E-state index is 13.5. The zero-order chi connectivity index (χ0) is 23.4. The van der Waals surface area contributed by atoms with Crippen LogP contribution in [0.3, 0.4) is 0 Å². The molecule has 0 saturated heterocycles. The summed E-state index contributed by atoms with van der Waals surface area (Å²) in [7, 11) is -6.35. The highest BCUT2D eigenvalue weighted by Crippen LogP contribution is 2.29. The van der Waals surface area contributed by atoms with Crippen LogP contribution in [0.2, 0.25) is 0 Å². The summed E-state index contributed by atoms with van der Waals surface area (Å²) < 4.78 is 60.0. The quantitative estimate of drug-likeness (QED) is 0.507. The van der Waals surface area contributed by atoms with Gasteiger partial charge >= 0.3 is 0 Å². The zero-order valence-corrected chi connectivity index (χ0v) is 19.7. The molecule has 0 aliphatic heterocycles. The Morgan fingerprint density at radius 2 is 1.50 bits per heavy atom. The van der Waals surface area contributed by atoms with Crippen molar-refractivity contribution in [1.29, 1.82) is 0 Å². The smallest absolute Gasteiger partial charge is 0.240 e. The van der Waals surface area contributed by atoms with Crippen molar-refractivity contribution in [3.05, 3.63) is 84.2 Å². The average molecular weight is 475 g/mol. The molecule has 3 rings (SSSR count). The standard InChI is InChI=1S/C23H26N2O5S2/c1-17(2)18-6-10-21(11-7-18)31(26,27)23(19-5-4-14-24-15-19)16-25-32(28,29)22-12-8-20(30-3)9-13-22/h4-15,17,23,25H,16H2,1-3H3. The van der Waals surface area contributed by atoms with Gasteiger partial charge in [-0.05, 0) is 59.5 Å². The largest absolute Gasteiger partial charge is 0.497 e. The zero-order valence-electron chi connectivity index (χ0n) is 18.1. The molecular formula is C23H26N2O5S2. The topological polar surface area (TPSA) is 102 Å². The minimum atomic E-state index is -3.94. The molecule has 0 saturated carbocycles. The Labute approximate surface area is 189 Å². The van der Waals surface area contributed by atoms with E-state index in [0.29, 0.717) is 11.3 Å². The summed E-state index contributed by atoms with van der Waals surface area (Å²) in [6.07, 6.45) is 2.97. The number of rotatable bonds is 9. The number of aromatic nitrogens is 1. The molecular weight excluding hydrogens is 448 g/mol. The summed E-state index contributed by atoms with van der Waals surface area (Å²) in [6, 6.07) is 15.8. The number of ether oxygens (including phenoxy) is 1. The number of benzene rings is 2. The van der Waals surface area contributed by atoms with Crippen LogP contribution in [0.4, 0.5) is 0 Å². The minimum absolute atomic E-state index is 0.0157. The second kappa shape index (κ2) is 9.81. The second-order valence-electron chi connectivity index (χ2n) is 7.57. The van der Waals surface area contributed by atoms with E-state index in [-0.39, 0.29) is 22.3 Å². The summed E-state index contributed by atoms with van der Waals surface area (Å²) in [6.45, 7) is 3.71. The second-order valence-corrected chi connectivity index (χ2v) is 11.5. The van der Waals surface area contributed by atoms with E-state index in [4.69, 9.17) is 4.74 Å². The minimum Gasteiger partial charge on any atom is -0.497 e. The molecule has 32 heavy (non-hydrogen) atoms. The van der Waals surface area contributed by atoms with E-state index in [1.165, 1.54) is 43.8 Å². The summed E-state index contributed by atoms with van der Waals surface area (Å²) >= 11 is 0. The van der Waals surface area contributed by atoms with E-state index in [1.807, 2.05) is 13.8 Å². The van der Waals surface area contributed by atoms with Crippen molar-refractivity contribution in [2.24, 2.45) is 0 Å². The Morgan fingerprint density at radius 1 is 0.875 bits per heavy atom. The summed E-state index contributed by atoms with van der Waals surface area (Å²) in [4.78, 5) is 4.16. The number of sulfone groups is 1. The Balaban J connectivity index is 1.92. The molecule has 1 aromatic heterocycles. The molecule has 0 spiro atoms. The van der Waals surface area contributed by atoms with E-state index >= 15 is 0 Å². The first-order chi connectivity index (χ1) is 15.1. The maximum Gasteiger partial charge on any atom is 0.240 e. The van der Waals surface area contributed by atoms with Crippen LogP contribution in [-0.2, 0) is 19.9 Å². The molecule has 0 aliphatic rings. The number of hydrogen-bond donors (Lipinski definition) is 1. The maximum atomic E-state index is 13.5. The highest BCUT2D eigenvalue weighted by Gasteiger charge is 2.31. The molecule has 0 aliphatic carbocycles. The van der Waals surface area contributed by atoms with Crippen molar-refractivity contribution in [2.45, 2.75) is 34.8 Å². The van der Waals surface area contributed by atoms with Crippen LogP contribution < -0.4 is 9.46 Å². The lowest BCUT2D eigenvalue weighted by molar-refractivity contribution is 0.414. The van der Waals surface area contributed by atoms with Crippen LogP contribution in [0.5, 0.6) is 5.75 Å². The fourth-order valence-electron chi connectivity index (χ4n) is 3.20. The molecule has 0 amide bonds. The Kier molecular flexibility index (Phi) is 7.33. The van der Waals surface area contributed by atoms with Gasteiger partial charge in [0.05, 0.1) is 16.9 Å². The van der Waals surface area contributed by atoms with Gasteiger partial charge in [0, 0.05) is 18.9 Å². The van der Waals surface area contributed by atoms with Crippen LogP contribution in [0.1, 0.15) is 36.1 Å². The highest BCUT2D eigenvalue weighted by molar-refractivity contribution is 7.92. The van der Waals surface area contributed by atoms with Crippen LogP contribution in [-0.4, -0.2) is 35.5 Å². The lowest BCUT2D eigenvalue weighted by Gasteiger charge is -2.19. The Bertz CT molecular complexity index is 1240. The number of hydrogen-bond acceptors (Lipinski definition) is 6. The first kappa shape index (κ1) is 23.9. The highest BCUT2D eigenvalue weighted by atomic mass is 32.2. The molecule has 1 heterocycles. The van der Waals surface area contributed by atoms with Crippen molar-refractivity contribution in [3.63, 3.8) is 0 Å². The average Bonchev–Trinajstić information content (AvgIpc) is 2.79. The fraction of sp³-hybridized carbons (Fsp3) is 0.261. The van der Waals surface area contributed by atoms with Crippen molar-refractivity contribution >= 4 is 19.9 Å². The molecule has 0 radical (unpaired) electrons. The number of pyridine rings is 1. The Hall–Kier alpha value is -2.75. The number of methoxy groups -OCH3 is 1. The van der Waals surface area contributed by atoms with Gasteiger partial charge in [-0.2, -0.15) is 0 Å².